The standard InChI is InChI=1S/C10H10IN.ClH/c11-8-3-1-2-7-9(8)12-6-10(7)4-5-10;/h1-3,12H,4-6H2;1H. The molecule has 70 valence electrons. The molecule has 1 N–H and O–H groups in total. The van der Waals surface area contributed by atoms with E-state index in [2.05, 4.69) is 46.1 Å². The van der Waals surface area contributed by atoms with Crippen molar-refractivity contribution in [3.05, 3.63) is 27.3 Å². The zero-order chi connectivity index (χ0) is 8.18. The summed E-state index contributed by atoms with van der Waals surface area (Å²) in [5.41, 5.74) is 3.52. The highest BCUT2D eigenvalue weighted by Crippen LogP contribution is 2.54. The van der Waals surface area contributed by atoms with E-state index in [-0.39, 0.29) is 12.4 Å². The zero-order valence-electron chi connectivity index (χ0n) is 7.14. The molecule has 1 heterocycles. The van der Waals surface area contributed by atoms with Crippen molar-refractivity contribution in [2.24, 2.45) is 0 Å². The Kier molecular flexibility index (Phi) is 2.23. The average Bonchev–Trinajstić information content (AvgIpc) is 2.73. The lowest BCUT2D eigenvalue weighted by Gasteiger charge is -2.05. The Morgan fingerprint density at radius 3 is 2.77 bits per heavy atom. The van der Waals surface area contributed by atoms with E-state index in [4.69, 9.17) is 0 Å². The molecule has 1 aliphatic heterocycles. The van der Waals surface area contributed by atoms with Gasteiger partial charge in [-0.25, -0.2) is 0 Å². The van der Waals surface area contributed by atoms with Crippen molar-refractivity contribution in [1.29, 1.82) is 0 Å². The van der Waals surface area contributed by atoms with Gasteiger partial charge in [-0.3, -0.25) is 0 Å². The van der Waals surface area contributed by atoms with Gasteiger partial charge in [-0.2, -0.15) is 0 Å². The monoisotopic (exact) mass is 307 g/mol. The maximum absolute atomic E-state index is 3.51. The predicted molar refractivity (Wildman–Crippen MR) is 65.8 cm³/mol. The summed E-state index contributed by atoms with van der Waals surface area (Å²) in [5.74, 6) is 0. The van der Waals surface area contributed by atoms with Crippen LogP contribution in [0.1, 0.15) is 18.4 Å². The number of rotatable bonds is 0. The summed E-state index contributed by atoms with van der Waals surface area (Å²) in [4.78, 5) is 0. The molecule has 3 rings (SSSR count). The Hall–Kier alpha value is 0.0400. The third kappa shape index (κ3) is 1.26. The fraction of sp³-hybridized carbons (Fsp3) is 0.400. The smallest absolute Gasteiger partial charge is 0.0515 e. The number of para-hydroxylation sites is 1. The lowest BCUT2D eigenvalue weighted by Crippen LogP contribution is -2.07. The quantitative estimate of drug-likeness (QED) is 0.726. The van der Waals surface area contributed by atoms with Crippen LogP contribution < -0.4 is 5.32 Å². The molecule has 13 heavy (non-hydrogen) atoms. The van der Waals surface area contributed by atoms with Crippen LogP contribution in [-0.4, -0.2) is 6.54 Å². The van der Waals surface area contributed by atoms with Crippen LogP contribution in [-0.2, 0) is 5.41 Å². The highest BCUT2D eigenvalue weighted by atomic mass is 127. The maximum atomic E-state index is 3.51. The van der Waals surface area contributed by atoms with Crippen molar-refractivity contribution < 1.29 is 0 Å². The second-order valence-electron chi connectivity index (χ2n) is 3.80. The average molecular weight is 308 g/mol. The van der Waals surface area contributed by atoms with Gasteiger partial charge >= 0.3 is 0 Å². The molecule has 1 saturated carbocycles. The molecule has 0 bridgehead atoms. The lowest BCUT2D eigenvalue weighted by molar-refractivity contribution is 0.778. The van der Waals surface area contributed by atoms with Gasteiger partial charge < -0.3 is 5.32 Å². The van der Waals surface area contributed by atoms with Crippen molar-refractivity contribution >= 4 is 40.7 Å². The minimum Gasteiger partial charge on any atom is -0.383 e. The molecule has 1 nitrogen and oxygen atoms in total. The number of benzene rings is 1. The van der Waals surface area contributed by atoms with Crippen LogP contribution in [0.2, 0.25) is 0 Å². The van der Waals surface area contributed by atoms with E-state index < -0.39 is 0 Å². The van der Waals surface area contributed by atoms with E-state index in [0.717, 1.165) is 0 Å². The van der Waals surface area contributed by atoms with Crippen LogP contribution in [0.15, 0.2) is 18.2 Å². The zero-order valence-corrected chi connectivity index (χ0v) is 10.1. The summed E-state index contributed by atoms with van der Waals surface area (Å²) < 4.78 is 1.37. The molecule has 0 unspecified atom stereocenters. The van der Waals surface area contributed by atoms with E-state index in [1.54, 1.807) is 5.56 Å². The van der Waals surface area contributed by atoms with E-state index in [9.17, 15) is 0 Å². The second-order valence-corrected chi connectivity index (χ2v) is 4.96. The van der Waals surface area contributed by atoms with Gasteiger partial charge in [-0.1, -0.05) is 12.1 Å². The molecule has 0 aromatic heterocycles. The van der Waals surface area contributed by atoms with Gasteiger partial charge in [-0.05, 0) is 47.1 Å². The van der Waals surface area contributed by atoms with E-state index in [0.29, 0.717) is 5.41 Å². The molecule has 0 atom stereocenters. The first-order chi connectivity index (χ1) is 5.82. The predicted octanol–water partition coefficient (Wildman–Crippen LogP) is 3.17. The molecule has 1 aromatic carbocycles. The van der Waals surface area contributed by atoms with Crippen molar-refractivity contribution in [2.75, 3.05) is 11.9 Å². The molecular weight excluding hydrogens is 296 g/mol. The molecule has 3 heteroatoms. The van der Waals surface area contributed by atoms with Crippen molar-refractivity contribution in [2.45, 2.75) is 18.3 Å². The van der Waals surface area contributed by atoms with Crippen LogP contribution in [0.4, 0.5) is 5.69 Å². The summed E-state index contributed by atoms with van der Waals surface area (Å²) in [5, 5.41) is 3.51. The minimum absolute atomic E-state index is 0. The highest BCUT2D eigenvalue weighted by Gasteiger charge is 2.49. The number of hydrogen-bond donors (Lipinski definition) is 1. The van der Waals surface area contributed by atoms with Gasteiger partial charge in [0.05, 0.1) is 5.69 Å². The largest absolute Gasteiger partial charge is 0.383 e. The Balaban J connectivity index is 0.000000653. The lowest BCUT2D eigenvalue weighted by atomic mass is 9.99. The normalized spacial score (nSPS) is 20.4. The van der Waals surface area contributed by atoms with Crippen LogP contribution in [0, 0.1) is 3.57 Å². The van der Waals surface area contributed by atoms with Crippen LogP contribution in [0.3, 0.4) is 0 Å². The Labute approximate surface area is 97.8 Å². The summed E-state index contributed by atoms with van der Waals surface area (Å²) in [6.45, 7) is 1.17. The Bertz CT molecular complexity index is 347. The molecule has 0 amide bonds. The Morgan fingerprint density at radius 2 is 2.08 bits per heavy atom. The first-order valence-electron chi connectivity index (χ1n) is 4.35. The van der Waals surface area contributed by atoms with E-state index in [1.807, 2.05) is 0 Å². The van der Waals surface area contributed by atoms with Crippen LogP contribution in [0.25, 0.3) is 0 Å². The van der Waals surface area contributed by atoms with Crippen molar-refractivity contribution in [3.8, 4) is 0 Å². The SMILES string of the molecule is Cl.Ic1cccc2c1NCC21CC1. The van der Waals surface area contributed by atoms with E-state index in [1.165, 1.54) is 28.6 Å². The van der Waals surface area contributed by atoms with Crippen LogP contribution in [0.5, 0.6) is 0 Å². The summed E-state index contributed by atoms with van der Waals surface area (Å²) in [6, 6.07) is 6.63. The van der Waals surface area contributed by atoms with Crippen molar-refractivity contribution in [3.63, 3.8) is 0 Å². The summed E-state index contributed by atoms with van der Waals surface area (Å²) >= 11 is 2.41. The molecular formula is C10H11ClIN. The van der Waals surface area contributed by atoms with Gasteiger partial charge in [0.2, 0.25) is 0 Å². The van der Waals surface area contributed by atoms with E-state index >= 15 is 0 Å². The molecule has 2 aliphatic rings. The molecule has 1 aromatic rings. The second kappa shape index (κ2) is 3.02. The van der Waals surface area contributed by atoms with Gasteiger partial charge in [0, 0.05) is 15.5 Å². The molecule has 1 aliphatic carbocycles. The first kappa shape index (κ1) is 9.59. The molecule has 0 radical (unpaired) electrons. The first-order valence-corrected chi connectivity index (χ1v) is 5.43. The van der Waals surface area contributed by atoms with Gasteiger partial charge in [-0.15, -0.1) is 12.4 Å². The van der Waals surface area contributed by atoms with Crippen molar-refractivity contribution in [1.82, 2.24) is 0 Å². The highest BCUT2D eigenvalue weighted by molar-refractivity contribution is 14.1. The summed E-state index contributed by atoms with van der Waals surface area (Å²) in [6.07, 6.45) is 2.76. The number of anilines is 1. The number of halogens is 2. The maximum Gasteiger partial charge on any atom is 0.0515 e. The number of fused-ring (bicyclic) bond motifs is 2. The topological polar surface area (TPSA) is 12.0 Å². The fourth-order valence-corrected chi connectivity index (χ4v) is 2.78. The molecule has 1 fully saturated rings. The third-order valence-electron chi connectivity index (χ3n) is 3.04. The third-order valence-corrected chi connectivity index (χ3v) is 3.94. The molecule has 1 spiro atoms. The van der Waals surface area contributed by atoms with Crippen LogP contribution >= 0.6 is 35.0 Å². The minimum atomic E-state index is 0. The summed E-state index contributed by atoms with van der Waals surface area (Å²) in [7, 11) is 0. The van der Waals surface area contributed by atoms with Gasteiger partial charge in [0.25, 0.3) is 0 Å². The van der Waals surface area contributed by atoms with Gasteiger partial charge in [0.1, 0.15) is 0 Å². The van der Waals surface area contributed by atoms with Gasteiger partial charge in [0.15, 0.2) is 0 Å². The Morgan fingerprint density at radius 1 is 1.31 bits per heavy atom. The fourth-order valence-electron chi connectivity index (χ4n) is 2.10. The number of nitrogens with one attached hydrogen (secondary N) is 1. The number of hydrogen-bond acceptors (Lipinski definition) is 1. The molecule has 0 saturated heterocycles.